The molecule has 0 bridgehead atoms. The van der Waals surface area contributed by atoms with Crippen LogP contribution in [0.4, 0.5) is 0 Å². The molecule has 22 heavy (non-hydrogen) atoms. The van der Waals surface area contributed by atoms with E-state index in [9.17, 15) is 4.79 Å². The molecule has 6 nitrogen and oxygen atoms in total. The first kappa shape index (κ1) is 15.2. The minimum absolute atomic E-state index is 0.0220. The molecule has 0 unspecified atom stereocenters. The average Bonchev–Trinajstić information content (AvgIpc) is 3.24. The highest BCUT2D eigenvalue weighted by Crippen LogP contribution is 2.29. The number of methoxy groups -OCH3 is 1. The number of hydrogen-bond donors (Lipinski definition) is 0. The fourth-order valence-electron chi connectivity index (χ4n) is 2.71. The number of nitrogens with zero attached hydrogens (tertiary/aromatic N) is 4. The van der Waals surface area contributed by atoms with Gasteiger partial charge in [-0.1, -0.05) is 0 Å². The Bertz CT molecular complexity index is 603. The average molecular weight is 320 g/mol. The zero-order valence-corrected chi connectivity index (χ0v) is 13.5. The Hall–Kier alpha value is -1.73. The van der Waals surface area contributed by atoms with Crippen molar-refractivity contribution in [2.75, 3.05) is 26.8 Å². The topological polar surface area (TPSA) is 60.2 Å². The van der Waals surface area contributed by atoms with Crippen molar-refractivity contribution in [2.45, 2.75) is 25.3 Å². The minimum atomic E-state index is 0.0220. The fourth-order valence-corrected chi connectivity index (χ4v) is 3.52. The van der Waals surface area contributed by atoms with E-state index < -0.39 is 0 Å². The van der Waals surface area contributed by atoms with Gasteiger partial charge in [0.1, 0.15) is 5.69 Å². The van der Waals surface area contributed by atoms with Gasteiger partial charge < -0.3 is 9.64 Å². The Balaban J connectivity index is 1.56. The van der Waals surface area contributed by atoms with Crippen LogP contribution in [-0.4, -0.2) is 52.4 Å². The van der Waals surface area contributed by atoms with Crippen LogP contribution in [0.5, 0.6) is 0 Å². The van der Waals surface area contributed by atoms with Gasteiger partial charge in [-0.05, 0) is 18.9 Å². The van der Waals surface area contributed by atoms with E-state index in [1.807, 2.05) is 22.7 Å². The molecule has 1 aliphatic heterocycles. The van der Waals surface area contributed by atoms with Gasteiger partial charge in [0.25, 0.3) is 5.91 Å². The molecule has 1 aliphatic rings. The third-order valence-electron chi connectivity index (χ3n) is 3.97. The van der Waals surface area contributed by atoms with Crippen molar-refractivity contribution < 1.29 is 9.53 Å². The van der Waals surface area contributed by atoms with Crippen molar-refractivity contribution in [3.05, 3.63) is 34.5 Å². The van der Waals surface area contributed by atoms with Crippen molar-refractivity contribution in [2.24, 2.45) is 0 Å². The third-order valence-corrected chi connectivity index (χ3v) is 4.91. The number of carbonyl (C=O) groups excluding carboxylic acids is 1. The summed E-state index contributed by atoms with van der Waals surface area (Å²) in [5.41, 5.74) is 0.517. The maximum absolute atomic E-state index is 12.5. The normalized spacial score (nSPS) is 16.1. The lowest BCUT2D eigenvalue weighted by Crippen LogP contribution is -2.38. The molecule has 7 heteroatoms. The molecule has 0 saturated carbocycles. The Morgan fingerprint density at radius 3 is 2.95 bits per heavy atom. The lowest BCUT2D eigenvalue weighted by Gasteiger charge is -2.30. The SMILES string of the molecule is COCCn1ccc(C(=O)N2CCC(c3nccs3)CC2)n1. The van der Waals surface area contributed by atoms with Crippen LogP contribution in [-0.2, 0) is 11.3 Å². The van der Waals surface area contributed by atoms with E-state index in [4.69, 9.17) is 4.74 Å². The summed E-state index contributed by atoms with van der Waals surface area (Å²) in [5.74, 6) is 0.511. The molecule has 2 aromatic rings. The van der Waals surface area contributed by atoms with Crippen molar-refractivity contribution in [1.29, 1.82) is 0 Å². The first-order chi connectivity index (χ1) is 10.8. The summed E-state index contributed by atoms with van der Waals surface area (Å²) in [5, 5.41) is 7.53. The van der Waals surface area contributed by atoms with Gasteiger partial charge >= 0.3 is 0 Å². The number of piperidine rings is 1. The molecular weight excluding hydrogens is 300 g/mol. The van der Waals surface area contributed by atoms with Crippen LogP contribution in [0.25, 0.3) is 0 Å². The van der Waals surface area contributed by atoms with Crippen molar-refractivity contribution in [3.8, 4) is 0 Å². The van der Waals surface area contributed by atoms with Gasteiger partial charge in [-0.2, -0.15) is 5.10 Å². The molecule has 3 heterocycles. The predicted molar refractivity (Wildman–Crippen MR) is 84.1 cm³/mol. The summed E-state index contributed by atoms with van der Waals surface area (Å²) in [6.07, 6.45) is 5.63. The minimum Gasteiger partial charge on any atom is -0.383 e. The standard InChI is InChI=1S/C15H20N4O2S/c1-21-10-9-19-8-4-13(17-19)15(20)18-6-2-12(3-7-18)14-16-5-11-22-14/h4-5,8,11-12H,2-3,6-7,9-10H2,1H3. The molecular formula is C15H20N4O2S. The van der Waals surface area contributed by atoms with Crippen molar-refractivity contribution in [3.63, 3.8) is 0 Å². The summed E-state index contributed by atoms with van der Waals surface area (Å²) in [6, 6.07) is 1.78. The molecule has 1 fully saturated rings. The van der Waals surface area contributed by atoms with Crippen LogP contribution in [0.15, 0.2) is 23.8 Å². The van der Waals surface area contributed by atoms with Crippen LogP contribution >= 0.6 is 11.3 Å². The number of thiazole rings is 1. The van der Waals surface area contributed by atoms with Gasteiger partial charge in [0, 0.05) is 43.9 Å². The molecule has 0 radical (unpaired) electrons. The lowest BCUT2D eigenvalue weighted by atomic mass is 9.97. The second-order valence-electron chi connectivity index (χ2n) is 5.39. The molecule has 0 N–H and O–H groups in total. The summed E-state index contributed by atoms with van der Waals surface area (Å²) >= 11 is 1.70. The monoisotopic (exact) mass is 320 g/mol. The van der Waals surface area contributed by atoms with E-state index in [2.05, 4.69) is 10.1 Å². The Morgan fingerprint density at radius 1 is 1.45 bits per heavy atom. The van der Waals surface area contributed by atoms with Crippen LogP contribution in [0, 0.1) is 0 Å². The van der Waals surface area contributed by atoms with Gasteiger partial charge in [0.2, 0.25) is 0 Å². The van der Waals surface area contributed by atoms with Gasteiger partial charge in [-0.3, -0.25) is 9.48 Å². The summed E-state index contributed by atoms with van der Waals surface area (Å²) in [6.45, 7) is 2.80. The number of hydrogen-bond acceptors (Lipinski definition) is 5. The van der Waals surface area contributed by atoms with Crippen LogP contribution < -0.4 is 0 Å². The Labute approximate surface area is 133 Å². The number of carbonyl (C=O) groups is 1. The molecule has 1 saturated heterocycles. The first-order valence-electron chi connectivity index (χ1n) is 7.49. The quantitative estimate of drug-likeness (QED) is 0.845. The first-order valence-corrected chi connectivity index (χ1v) is 8.37. The molecule has 0 atom stereocenters. The van der Waals surface area contributed by atoms with Gasteiger partial charge in [0.05, 0.1) is 18.2 Å². The van der Waals surface area contributed by atoms with Gasteiger partial charge in [-0.15, -0.1) is 11.3 Å². The second kappa shape index (κ2) is 7.02. The molecule has 118 valence electrons. The van der Waals surface area contributed by atoms with E-state index >= 15 is 0 Å². The molecule has 0 aliphatic carbocycles. The summed E-state index contributed by atoms with van der Waals surface area (Å²) in [7, 11) is 1.65. The van der Waals surface area contributed by atoms with E-state index in [-0.39, 0.29) is 5.91 Å². The van der Waals surface area contributed by atoms with Crippen molar-refractivity contribution >= 4 is 17.2 Å². The fraction of sp³-hybridized carbons (Fsp3) is 0.533. The highest BCUT2D eigenvalue weighted by molar-refractivity contribution is 7.09. The Kier molecular flexibility index (Phi) is 4.84. The number of aromatic nitrogens is 3. The van der Waals surface area contributed by atoms with Crippen molar-refractivity contribution in [1.82, 2.24) is 19.7 Å². The van der Waals surface area contributed by atoms with Crippen LogP contribution in [0.1, 0.15) is 34.3 Å². The molecule has 0 aromatic carbocycles. The van der Waals surface area contributed by atoms with Crippen LogP contribution in [0.3, 0.4) is 0 Å². The molecule has 1 amide bonds. The second-order valence-corrected chi connectivity index (χ2v) is 6.32. The highest BCUT2D eigenvalue weighted by atomic mass is 32.1. The van der Waals surface area contributed by atoms with E-state index in [0.29, 0.717) is 24.8 Å². The predicted octanol–water partition coefficient (Wildman–Crippen LogP) is 2.01. The summed E-state index contributed by atoms with van der Waals surface area (Å²) < 4.78 is 6.77. The smallest absolute Gasteiger partial charge is 0.274 e. The van der Waals surface area contributed by atoms with E-state index in [1.165, 1.54) is 5.01 Å². The van der Waals surface area contributed by atoms with E-state index in [0.717, 1.165) is 25.9 Å². The van der Waals surface area contributed by atoms with E-state index in [1.54, 1.807) is 29.2 Å². The zero-order valence-electron chi connectivity index (χ0n) is 12.6. The number of rotatable bonds is 5. The van der Waals surface area contributed by atoms with Gasteiger partial charge in [-0.25, -0.2) is 4.98 Å². The number of likely N-dealkylation sites (tertiary alicyclic amines) is 1. The number of amides is 1. The maximum atomic E-state index is 12.5. The molecule has 3 rings (SSSR count). The summed E-state index contributed by atoms with van der Waals surface area (Å²) in [4.78, 5) is 18.8. The third kappa shape index (κ3) is 3.36. The number of ether oxygens (including phenoxy) is 1. The zero-order chi connectivity index (χ0) is 15.4. The molecule has 2 aromatic heterocycles. The largest absolute Gasteiger partial charge is 0.383 e. The maximum Gasteiger partial charge on any atom is 0.274 e. The molecule has 0 spiro atoms. The van der Waals surface area contributed by atoms with Crippen LogP contribution in [0.2, 0.25) is 0 Å². The highest BCUT2D eigenvalue weighted by Gasteiger charge is 2.26. The van der Waals surface area contributed by atoms with Gasteiger partial charge in [0.15, 0.2) is 0 Å². The Morgan fingerprint density at radius 2 is 2.27 bits per heavy atom. The lowest BCUT2D eigenvalue weighted by molar-refractivity contribution is 0.0705.